The number of amides is 1. The third kappa shape index (κ3) is 5.27. The van der Waals surface area contributed by atoms with E-state index < -0.39 is 11.6 Å². The van der Waals surface area contributed by atoms with Crippen molar-refractivity contribution in [3.63, 3.8) is 0 Å². The van der Waals surface area contributed by atoms with Gasteiger partial charge in [-0.1, -0.05) is 13.0 Å². The maximum atomic E-state index is 13.0. The van der Waals surface area contributed by atoms with Gasteiger partial charge in [0.1, 0.15) is 11.2 Å². The molecule has 7 nitrogen and oxygen atoms in total. The maximum absolute atomic E-state index is 13.0. The number of fused-ring (bicyclic) bond motifs is 1. The molecule has 1 aromatic carbocycles. The lowest BCUT2D eigenvalue weighted by molar-refractivity contribution is 0.0287. The van der Waals surface area contributed by atoms with Crippen LogP contribution < -0.4 is 5.43 Å². The molecule has 1 saturated heterocycles. The summed E-state index contributed by atoms with van der Waals surface area (Å²) in [6.45, 7) is 11.3. The molecule has 1 atom stereocenters. The number of aryl methyl sites for hydroxylation is 1. The molecule has 168 valence electrons. The van der Waals surface area contributed by atoms with Crippen molar-refractivity contribution in [3.05, 3.63) is 45.7 Å². The fourth-order valence-electron chi connectivity index (χ4n) is 3.92. The molecule has 7 heteroatoms. The van der Waals surface area contributed by atoms with E-state index in [1.54, 1.807) is 18.0 Å². The fraction of sp³-hybridized carbons (Fsp3) is 0.542. The second kappa shape index (κ2) is 9.12. The first-order valence-electron chi connectivity index (χ1n) is 10.9. The van der Waals surface area contributed by atoms with Gasteiger partial charge in [0, 0.05) is 31.2 Å². The minimum absolute atomic E-state index is 0.0459. The summed E-state index contributed by atoms with van der Waals surface area (Å²) in [6, 6.07) is 5.80. The summed E-state index contributed by atoms with van der Waals surface area (Å²) in [5.74, 6) is -0.411. The van der Waals surface area contributed by atoms with Crippen LogP contribution in [0.4, 0.5) is 4.79 Å². The van der Waals surface area contributed by atoms with Crippen LogP contribution in [-0.4, -0.2) is 46.8 Å². The first-order chi connectivity index (χ1) is 14.6. The van der Waals surface area contributed by atoms with Gasteiger partial charge < -0.3 is 18.9 Å². The molecule has 1 aliphatic rings. The number of carbonyl (C=O) groups excluding carboxylic acids is 2. The standard InChI is InChI=1S/C24H32N2O5/c1-6-16-8-9-20-18(12-16)21(27)19(22(28)30-7-2)15-26(20)14-17-10-11-25(13-17)23(29)31-24(3,4)5/h8-9,12,15,17H,6-7,10-11,13-14H2,1-5H3. The Morgan fingerprint density at radius 3 is 2.58 bits per heavy atom. The summed E-state index contributed by atoms with van der Waals surface area (Å²) in [5.41, 5.74) is 1.03. The van der Waals surface area contributed by atoms with Gasteiger partial charge in [0.25, 0.3) is 0 Å². The smallest absolute Gasteiger partial charge is 0.410 e. The number of benzene rings is 1. The zero-order chi connectivity index (χ0) is 22.8. The lowest BCUT2D eigenvalue weighted by atomic mass is 10.0. The molecule has 0 saturated carbocycles. The number of pyridine rings is 1. The van der Waals surface area contributed by atoms with Gasteiger partial charge in [0.05, 0.1) is 12.1 Å². The van der Waals surface area contributed by atoms with Gasteiger partial charge in [0.2, 0.25) is 5.43 Å². The van der Waals surface area contributed by atoms with Crippen molar-refractivity contribution in [3.8, 4) is 0 Å². The third-order valence-corrected chi connectivity index (χ3v) is 5.44. The van der Waals surface area contributed by atoms with Crippen molar-refractivity contribution in [2.75, 3.05) is 19.7 Å². The van der Waals surface area contributed by atoms with Gasteiger partial charge in [-0.25, -0.2) is 9.59 Å². The summed E-state index contributed by atoms with van der Waals surface area (Å²) < 4.78 is 12.5. The monoisotopic (exact) mass is 428 g/mol. The third-order valence-electron chi connectivity index (χ3n) is 5.44. The van der Waals surface area contributed by atoms with E-state index >= 15 is 0 Å². The highest BCUT2D eigenvalue weighted by Crippen LogP contribution is 2.23. The molecule has 1 aromatic heterocycles. The molecule has 1 amide bonds. The van der Waals surface area contributed by atoms with Crippen LogP contribution in [0.5, 0.6) is 0 Å². The molecular formula is C24H32N2O5. The van der Waals surface area contributed by atoms with E-state index in [-0.39, 0.29) is 29.6 Å². The normalized spacial score (nSPS) is 16.5. The van der Waals surface area contributed by atoms with Gasteiger partial charge in [-0.2, -0.15) is 0 Å². The van der Waals surface area contributed by atoms with Gasteiger partial charge in [-0.3, -0.25) is 4.79 Å². The number of rotatable bonds is 5. The van der Waals surface area contributed by atoms with Crippen molar-refractivity contribution in [1.82, 2.24) is 9.47 Å². The molecule has 1 unspecified atom stereocenters. The molecule has 3 rings (SSSR count). The van der Waals surface area contributed by atoms with Crippen molar-refractivity contribution in [2.24, 2.45) is 5.92 Å². The molecule has 2 heterocycles. The van der Waals surface area contributed by atoms with Crippen LogP contribution in [0, 0.1) is 5.92 Å². The lowest BCUT2D eigenvalue weighted by Gasteiger charge is -2.24. The zero-order valence-corrected chi connectivity index (χ0v) is 19.1. The highest BCUT2D eigenvalue weighted by molar-refractivity contribution is 5.94. The summed E-state index contributed by atoms with van der Waals surface area (Å²) in [7, 11) is 0. The minimum Gasteiger partial charge on any atom is -0.462 e. The Morgan fingerprint density at radius 1 is 1.19 bits per heavy atom. The molecule has 1 aliphatic heterocycles. The molecule has 0 radical (unpaired) electrons. The van der Waals surface area contributed by atoms with Gasteiger partial charge >= 0.3 is 12.1 Å². The minimum atomic E-state index is -0.605. The maximum Gasteiger partial charge on any atom is 0.410 e. The number of hydrogen-bond donors (Lipinski definition) is 0. The highest BCUT2D eigenvalue weighted by atomic mass is 16.6. The Balaban J connectivity index is 1.91. The van der Waals surface area contributed by atoms with E-state index in [1.807, 2.05) is 50.5 Å². The number of esters is 1. The first kappa shape index (κ1) is 22.8. The van der Waals surface area contributed by atoms with E-state index in [9.17, 15) is 14.4 Å². The predicted octanol–water partition coefficient (Wildman–Crippen LogP) is 4.00. The van der Waals surface area contributed by atoms with Gasteiger partial charge in [-0.15, -0.1) is 0 Å². The molecule has 0 N–H and O–H groups in total. The molecule has 0 bridgehead atoms. The molecule has 1 fully saturated rings. The Morgan fingerprint density at radius 2 is 1.94 bits per heavy atom. The topological polar surface area (TPSA) is 77.8 Å². The van der Waals surface area contributed by atoms with Gasteiger partial charge in [-0.05, 0) is 64.2 Å². The molecule has 0 spiro atoms. The second-order valence-corrected chi connectivity index (χ2v) is 9.03. The Kier molecular flexibility index (Phi) is 6.72. The van der Waals surface area contributed by atoms with E-state index in [0.717, 1.165) is 23.9 Å². The summed E-state index contributed by atoms with van der Waals surface area (Å²) in [4.78, 5) is 39.5. The Bertz CT molecular complexity index is 1030. The van der Waals surface area contributed by atoms with Crippen LogP contribution in [0.3, 0.4) is 0 Å². The zero-order valence-electron chi connectivity index (χ0n) is 19.1. The lowest BCUT2D eigenvalue weighted by Crippen LogP contribution is -2.35. The predicted molar refractivity (Wildman–Crippen MR) is 119 cm³/mol. The summed E-state index contributed by atoms with van der Waals surface area (Å²) >= 11 is 0. The van der Waals surface area contributed by atoms with E-state index in [1.165, 1.54) is 0 Å². The second-order valence-electron chi connectivity index (χ2n) is 9.03. The number of hydrogen-bond acceptors (Lipinski definition) is 5. The van der Waals surface area contributed by atoms with E-state index in [0.29, 0.717) is 25.0 Å². The SMILES string of the molecule is CCOC(=O)c1cn(CC2CCN(C(=O)OC(C)(C)C)C2)c2ccc(CC)cc2c1=O. The molecular weight excluding hydrogens is 396 g/mol. The van der Waals surface area contributed by atoms with Crippen molar-refractivity contribution >= 4 is 23.0 Å². The Labute approximate surface area is 182 Å². The van der Waals surface area contributed by atoms with Crippen LogP contribution in [0.1, 0.15) is 57.0 Å². The van der Waals surface area contributed by atoms with E-state index in [2.05, 4.69) is 0 Å². The average Bonchev–Trinajstić information content (AvgIpc) is 3.17. The van der Waals surface area contributed by atoms with Crippen LogP contribution in [0.25, 0.3) is 10.9 Å². The van der Waals surface area contributed by atoms with E-state index in [4.69, 9.17) is 9.47 Å². The van der Waals surface area contributed by atoms with Crippen molar-refractivity contribution < 1.29 is 19.1 Å². The van der Waals surface area contributed by atoms with Crippen LogP contribution in [-0.2, 0) is 22.4 Å². The number of ether oxygens (including phenoxy) is 2. The largest absolute Gasteiger partial charge is 0.462 e. The molecule has 2 aromatic rings. The van der Waals surface area contributed by atoms with Crippen LogP contribution in [0.2, 0.25) is 0 Å². The quantitative estimate of drug-likeness (QED) is 0.673. The average molecular weight is 429 g/mol. The summed E-state index contributed by atoms with van der Waals surface area (Å²) in [6.07, 6.45) is 2.92. The Hall–Kier alpha value is -2.83. The first-order valence-corrected chi connectivity index (χ1v) is 10.9. The fourth-order valence-corrected chi connectivity index (χ4v) is 3.92. The van der Waals surface area contributed by atoms with Crippen molar-refractivity contribution in [1.29, 1.82) is 0 Å². The van der Waals surface area contributed by atoms with Gasteiger partial charge in [0.15, 0.2) is 0 Å². The molecule has 31 heavy (non-hydrogen) atoms. The van der Waals surface area contributed by atoms with Crippen molar-refractivity contribution in [2.45, 2.75) is 59.6 Å². The molecule has 0 aliphatic carbocycles. The number of carbonyl (C=O) groups is 2. The highest BCUT2D eigenvalue weighted by Gasteiger charge is 2.30. The number of nitrogens with zero attached hydrogens (tertiary/aromatic N) is 2. The van der Waals surface area contributed by atoms with Crippen LogP contribution >= 0.6 is 0 Å². The summed E-state index contributed by atoms with van der Waals surface area (Å²) in [5, 5.41) is 0.520. The number of likely N-dealkylation sites (tertiary alicyclic amines) is 1. The van der Waals surface area contributed by atoms with Crippen LogP contribution in [0.15, 0.2) is 29.2 Å². The number of aromatic nitrogens is 1.